The summed E-state index contributed by atoms with van der Waals surface area (Å²) in [5.74, 6) is -0.287. The molecule has 0 radical (unpaired) electrons. The van der Waals surface area contributed by atoms with Crippen molar-refractivity contribution in [3.63, 3.8) is 0 Å². The van der Waals surface area contributed by atoms with E-state index in [-0.39, 0.29) is 11.8 Å². The Kier molecular flexibility index (Phi) is 6.01. The molecule has 0 aliphatic rings. The third-order valence-electron chi connectivity index (χ3n) is 1.86. The van der Waals surface area contributed by atoms with Gasteiger partial charge in [-0.3, -0.25) is 4.55 Å². The number of hydrogen-bond acceptors (Lipinski definition) is 4. The molecule has 0 aromatic carbocycles. The largest absolute Gasteiger partial charge is 0.437 e. The maximum atomic E-state index is 10.9. The van der Waals surface area contributed by atoms with E-state index in [0.717, 1.165) is 0 Å². The molecule has 9 heteroatoms. The molecule has 0 heterocycles. The van der Waals surface area contributed by atoms with Crippen LogP contribution in [0.5, 0.6) is 0 Å². The zero-order valence-electron chi connectivity index (χ0n) is 12.4. The smallest absolute Gasteiger partial charge is 0.315 e. The van der Waals surface area contributed by atoms with Crippen LogP contribution in [-0.4, -0.2) is 43.9 Å². The molecule has 0 unspecified atom stereocenters. The zero-order chi connectivity index (χ0) is 14.8. The summed E-state index contributed by atoms with van der Waals surface area (Å²) >= 11 is 0. The molecule has 0 fully saturated rings. The Morgan fingerprint density at radius 3 is 1.44 bits per heavy atom. The minimum atomic E-state index is -3.96. The summed E-state index contributed by atoms with van der Waals surface area (Å²) < 4.78 is 42.9. The lowest BCUT2D eigenvalue weighted by molar-refractivity contribution is 0.384. The molecule has 0 aromatic heterocycles. The van der Waals surface area contributed by atoms with E-state index in [1.807, 2.05) is 6.55 Å². The first kappa shape index (κ1) is 18.5. The summed E-state index contributed by atoms with van der Waals surface area (Å²) in [6.45, 7) is 14.2. The molecule has 0 spiro atoms. The Morgan fingerprint density at radius 1 is 0.889 bits per heavy atom. The topological polar surface area (TPSA) is 72.8 Å². The van der Waals surface area contributed by atoms with Crippen molar-refractivity contribution in [1.29, 1.82) is 0 Å². The third kappa shape index (κ3) is 10.4. The second kappa shape index (κ2) is 5.85. The molecule has 110 valence electrons. The van der Waals surface area contributed by atoms with E-state index in [1.165, 1.54) is 0 Å². The molecule has 0 saturated carbocycles. The van der Waals surface area contributed by atoms with Crippen molar-refractivity contribution in [2.75, 3.05) is 5.75 Å². The summed E-state index contributed by atoms with van der Waals surface area (Å²) in [6, 6.07) is 0.278. The predicted molar refractivity (Wildman–Crippen MR) is 81.7 cm³/mol. The fourth-order valence-corrected chi connectivity index (χ4v) is 16.0. The van der Waals surface area contributed by atoms with Gasteiger partial charge in [0, 0.05) is 6.04 Å². The van der Waals surface area contributed by atoms with Gasteiger partial charge in [0.25, 0.3) is 10.1 Å². The second-order valence-corrected chi connectivity index (χ2v) is 21.0. The van der Waals surface area contributed by atoms with Crippen LogP contribution in [0, 0.1) is 0 Å². The summed E-state index contributed by atoms with van der Waals surface area (Å²) in [7, 11) is -10.1. The quantitative estimate of drug-likeness (QED) is 0.574. The maximum absolute atomic E-state index is 10.9. The van der Waals surface area contributed by atoms with Gasteiger partial charge in [-0.1, -0.05) is 0 Å². The summed E-state index contributed by atoms with van der Waals surface area (Å²) in [6.07, 6.45) is 0. The van der Waals surface area contributed by atoms with Gasteiger partial charge in [0.15, 0.2) is 16.6 Å². The fraction of sp³-hybridized carbons (Fsp3) is 1.00. The van der Waals surface area contributed by atoms with Gasteiger partial charge in [0.05, 0.1) is 5.75 Å². The molecule has 0 amide bonds. The maximum Gasteiger partial charge on any atom is 0.315 e. The van der Waals surface area contributed by atoms with Crippen molar-refractivity contribution in [3.05, 3.63) is 0 Å². The molecule has 0 atom stereocenters. The first-order valence-corrected chi connectivity index (χ1v) is 16.9. The van der Waals surface area contributed by atoms with Crippen LogP contribution >= 0.6 is 0 Å². The van der Waals surface area contributed by atoms with Crippen LogP contribution in [0.2, 0.25) is 51.9 Å². The highest BCUT2D eigenvalue weighted by atomic mass is 32.2. The lowest BCUT2D eigenvalue weighted by Gasteiger charge is -2.38. The van der Waals surface area contributed by atoms with Crippen LogP contribution in [0.15, 0.2) is 0 Å². The molecule has 0 aliphatic carbocycles. The lowest BCUT2D eigenvalue weighted by Crippen LogP contribution is -2.53. The van der Waals surface area contributed by atoms with Crippen LogP contribution in [0.4, 0.5) is 0 Å². The molecule has 0 aliphatic heterocycles. The van der Waals surface area contributed by atoms with Gasteiger partial charge in [-0.15, -0.1) is 0 Å². The van der Waals surface area contributed by atoms with Crippen molar-refractivity contribution in [2.45, 2.75) is 51.9 Å². The van der Waals surface area contributed by atoms with Crippen molar-refractivity contribution in [1.82, 2.24) is 0 Å². The predicted octanol–water partition coefficient (Wildman–Crippen LogP) is 2.65. The van der Waals surface area contributed by atoms with Crippen LogP contribution in [0.25, 0.3) is 0 Å². The Hall–Kier alpha value is 0.481. The molecule has 18 heavy (non-hydrogen) atoms. The minimum absolute atomic E-state index is 0.278. The SMILES string of the molecule is C[Si](C)(C)O[Si](C)(CCS(=O)(=O)O)O[Si](C)(C)C. The summed E-state index contributed by atoms with van der Waals surface area (Å²) in [5.41, 5.74) is 0. The van der Waals surface area contributed by atoms with Gasteiger partial charge in [-0.2, -0.15) is 8.42 Å². The molecule has 0 saturated heterocycles. The number of hydrogen-bond donors (Lipinski definition) is 1. The van der Waals surface area contributed by atoms with Crippen LogP contribution < -0.4 is 0 Å². The van der Waals surface area contributed by atoms with Gasteiger partial charge in [-0.25, -0.2) is 0 Å². The molecule has 0 bridgehead atoms. The summed E-state index contributed by atoms with van der Waals surface area (Å²) in [5, 5.41) is 0. The Bertz CT molecular complexity index is 353. The minimum Gasteiger partial charge on any atom is -0.437 e. The highest BCUT2D eigenvalue weighted by Gasteiger charge is 2.40. The van der Waals surface area contributed by atoms with E-state index < -0.39 is 35.3 Å². The highest BCUT2D eigenvalue weighted by molar-refractivity contribution is 7.85. The summed E-state index contributed by atoms with van der Waals surface area (Å²) in [4.78, 5) is 0. The van der Waals surface area contributed by atoms with E-state index in [0.29, 0.717) is 0 Å². The fourth-order valence-electron chi connectivity index (χ4n) is 1.73. The number of rotatable bonds is 7. The third-order valence-corrected chi connectivity index (χ3v) is 12.5. The van der Waals surface area contributed by atoms with Gasteiger partial charge in [-0.05, 0) is 45.8 Å². The molecular formula is C9H26O5SSi3. The van der Waals surface area contributed by atoms with Crippen LogP contribution in [0.3, 0.4) is 0 Å². The van der Waals surface area contributed by atoms with E-state index in [2.05, 4.69) is 39.3 Å². The van der Waals surface area contributed by atoms with Crippen molar-refractivity contribution in [2.24, 2.45) is 0 Å². The van der Waals surface area contributed by atoms with Crippen molar-refractivity contribution in [3.8, 4) is 0 Å². The van der Waals surface area contributed by atoms with Gasteiger partial charge < -0.3 is 8.23 Å². The monoisotopic (exact) mass is 330 g/mol. The first-order valence-electron chi connectivity index (χ1n) is 5.97. The van der Waals surface area contributed by atoms with E-state index in [1.54, 1.807) is 0 Å². The van der Waals surface area contributed by atoms with Crippen LogP contribution in [-0.2, 0) is 18.3 Å². The van der Waals surface area contributed by atoms with Gasteiger partial charge >= 0.3 is 8.56 Å². The Labute approximate surface area is 114 Å². The Morgan fingerprint density at radius 2 is 1.22 bits per heavy atom. The van der Waals surface area contributed by atoms with Crippen molar-refractivity contribution >= 4 is 35.3 Å². The van der Waals surface area contributed by atoms with Crippen molar-refractivity contribution < 1.29 is 21.2 Å². The van der Waals surface area contributed by atoms with E-state index >= 15 is 0 Å². The average molecular weight is 331 g/mol. The normalized spacial score (nSPS) is 14.9. The molecule has 1 N–H and O–H groups in total. The molecule has 5 nitrogen and oxygen atoms in total. The molecule has 0 aromatic rings. The molecule has 0 rings (SSSR count). The zero-order valence-corrected chi connectivity index (χ0v) is 16.2. The standard InChI is InChI=1S/C9H26O5SSi3/c1-16(2,3)13-18(7,14-17(4,5)6)9-8-15(10,11)12/h8-9H2,1-7H3,(H,10,11,12). The average Bonchev–Trinajstić information content (AvgIpc) is 1.91. The first-order chi connectivity index (χ1) is 7.62. The highest BCUT2D eigenvalue weighted by Crippen LogP contribution is 2.24. The van der Waals surface area contributed by atoms with Gasteiger partial charge in [0.1, 0.15) is 0 Å². The van der Waals surface area contributed by atoms with E-state index in [4.69, 9.17) is 12.8 Å². The lowest BCUT2D eigenvalue weighted by atomic mass is 11.0. The van der Waals surface area contributed by atoms with Crippen LogP contribution in [0.1, 0.15) is 0 Å². The second-order valence-electron chi connectivity index (χ2n) is 6.60. The molecular weight excluding hydrogens is 304 g/mol. The van der Waals surface area contributed by atoms with E-state index in [9.17, 15) is 8.42 Å². The van der Waals surface area contributed by atoms with Gasteiger partial charge in [0.2, 0.25) is 0 Å². The Balaban J connectivity index is 4.92.